The summed E-state index contributed by atoms with van der Waals surface area (Å²) in [6.07, 6.45) is 6.54. The predicted molar refractivity (Wildman–Crippen MR) is 161 cm³/mol. The molecule has 0 aliphatic heterocycles. The molecular weight excluding hydrogens is 557 g/mol. The van der Waals surface area contributed by atoms with Gasteiger partial charge in [-0.25, -0.2) is 0 Å². The van der Waals surface area contributed by atoms with Crippen molar-refractivity contribution in [1.29, 1.82) is 0 Å². The van der Waals surface area contributed by atoms with Crippen LogP contribution in [0.4, 0.5) is 10.3 Å². The molecule has 0 spiro atoms. The van der Waals surface area contributed by atoms with Gasteiger partial charge in [-0.05, 0) is 36.8 Å². The molecule has 0 saturated heterocycles. The van der Waals surface area contributed by atoms with E-state index in [-0.39, 0.29) is 23.7 Å². The van der Waals surface area contributed by atoms with Gasteiger partial charge in [0.1, 0.15) is 10.0 Å². The lowest BCUT2D eigenvalue weighted by molar-refractivity contribution is -0.124. The van der Waals surface area contributed by atoms with E-state index >= 15 is 0 Å². The predicted octanol–water partition coefficient (Wildman–Crippen LogP) is 5.61. The van der Waals surface area contributed by atoms with Gasteiger partial charge in [0, 0.05) is 24.7 Å². The zero-order valence-electron chi connectivity index (χ0n) is 22.7. The van der Waals surface area contributed by atoms with Gasteiger partial charge in [0.2, 0.25) is 22.1 Å². The number of aromatic nitrogens is 4. The standard InChI is InChI=1S/C30H34N6O3S2/c37-24(19-20-11-3-1-4-12-20)31-29-35-33-25(40-29)17-9-10-18-26-34-36-30(41-26)32-28(39)23-16-8-7-15-22(23)27(38)21-13-5-2-6-14-21/h1-6,11-14,22-23,27,38H,7-10,15-19H2,(H,31,35,37)(H,32,36,39)/t22?,23-,27?/m1/s1. The summed E-state index contributed by atoms with van der Waals surface area (Å²) in [5.41, 5.74) is 1.81. The van der Waals surface area contributed by atoms with Gasteiger partial charge in [0.15, 0.2) is 0 Å². The number of aryl methyl sites for hydroxylation is 2. The lowest BCUT2D eigenvalue weighted by Crippen LogP contribution is -2.35. The number of nitrogens with zero attached hydrogens (tertiary/aromatic N) is 4. The normalized spacial score (nSPS) is 17.6. The number of anilines is 2. The monoisotopic (exact) mass is 590 g/mol. The Morgan fingerprint density at radius 3 is 2.05 bits per heavy atom. The van der Waals surface area contributed by atoms with Crippen LogP contribution in [0.2, 0.25) is 0 Å². The van der Waals surface area contributed by atoms with E-state index in [9.17, 15) is 14.7 Å². The Kier molecular flexibility index (Phi) is 10.2. The fraction of sp³-hybridized carbons (Fsp3) is 0.400. The van der Waals surface area contributed by atoms with Gasteiger partial charge >= 0.3 is 0 Å². The quantitative estimate of drug-likeness (QED) is 0.183. The fourth-order valence-corrected chi connectivity index (χ4v) is 6.85. The Labute approximate surface area is 247 Å². The maximum Gasteiger partial charge on any atom is 0.230 e. The van der Waals surface area contributed by atoms with Crippen molar-refractivity contribution < 1.29 is 14.7 Å². The first kappa shape index (κ1) is 29.0. The molecule has 2 unspecified atom stereocenters. The molecule has 3 atom stereocenters. The summed E-state index contributed by atoms with van der Waals surface area (Å²) < 4.78 is 0. The molecule has 2 amide bonds. The van der Waals surface area contributed by atoms with Crippen molar-refractivity contribution in [2.45, 2.75) is 63.9 Å². The van der Waals surface area contributed by atoms with Crippen LogP contribution < -0.4 is 10.6 Å². The molecule has 11 heteroatoms. The second-order valence-electron chi connectivity index (χ2n) is 10.3. The zero-order chi connectivity index (χ0) is 28.4. The molecule has 5 rings (SSSR count). The Balaban J connectivity index is 1.05. The van der Waals surface area contributed by atoms with Crippen LogP contribution in [0.25, 0.3) is 0 Å². The molecule has 41 heavy (non-hydrogen) atoms. The fourth-order valence-electron chi connectivity index (χ4n) is 5.27. The third-order valence-corrected chi connectivity index (χ3v) is 9.15. The Bertz CT molecular complexity index is 1410. The summed E-state index contributed by atoms with van der Waals surface area (Å²) in [5.74, 6) is -0.567. The summed E-state index contributed by atoms with van der Waals surface area (Å²) in [6, 6.07) is 19.2. The molecule has 2 heterocycles. The maximum atomic E-state index is 13.2. The summed E-state index contributed by atoms with van der Waals surface area (Å²) in [5, 5.41) is 36.3. The summed E-state index contributed by atoms with van der Waals surface area (Å²) in [7, 11) is 0. The molecule has 1 aliphatic rings. The van der Waals surface area contributed by atoms with Gasteiger partial charge in [0.25, 0.3) is 0 Å². The minimum absolute atomic E-state index is 0.0877. The molecule has 214 valence electrons. The second kappa shape index (κ2) is 14.4. The number of nitrogens with one attached hydrogen (secondary N) is 2. The van der Waals surface area contributed by atoms with E-state index in [0.717, 1.165) is 72.5 Å². The molecule has 3 N–H and O–H groups in total. The number of aliphatic hydroxyl groups excluding tert-OH is 1. The minimum Gasteiger partial charge on any atom is -0.388 e. The highest BCUT2D eigenvalue weighted by Crippen LogP contribution is 2.39. The number of unbranched alkanes of at least 4 members (excludes halogenated alkanes) is 1. The first-order chi connectivity index (χ1) is 20.0. The van der Waals surface area contributed by atoms with Crippen molar-refractivity contribution in [2.24, 2.45) is 11.8 Å². The van der Waals surface area contributed by atoms with E-state index in [1.165, 1.54) is 22.7 Å². The number of hydrogen-bond donors (Lipinski definition) is 3. The summed E-state index contributed by atoms with van der Waals surface area (Å²) >= 11 is 2.80. The van der Waals surface area contributed by atoms with Crippen LogP contribution in [-0.2, 0) is 28.9 Å². The average molecular weight is 591 g/mol. The third-order valence-electron chi connectivity index (χ3n) is 7.35. The lowest BCUT2D eigenvalue weighted by atomic mass is 9.74. The molecule has 1 saturated carbocycles. The molecular formula is C30H34N6O3S2. The van der Waals surface area contributed by atoms with Crippen molar-refractivity contribution in [3.05, 3.63) is 81.8 Å². The van der Waals surface area contributed by atoms with Crippen LogP contribution in [0.3, 0.4) is 0 Å². The maximum absolute atomic E-state index is 13.2. The SMILES string of the molecule is O=C(Cc1ccccc1)Nc1nnc(CCCCc2nnc(NC(=O)[C@@H]3CCCCC3C(O)c3ccccc3)s2)s1. The molecule has 1 aliphatic carbocycles. The Hall–Kier alpha value is -3.54. The smallest absolute Gasteiger partial charge is 0.230 e. The van der Waals surface area contributed by atoms with Gasteiger partial charge in [-0.15, -0.1) is 20.4 Å². The summed E-state index contributed by atoms with van der Waals surface area (Å²) in [6.45, 7) is 0. The van der Waals surface area contributed by atoms with Crippen molar-refractivity contribution in [1.82, 2.24) is 20.4 Å². The minimum atomic E-state index is -0.660. The van der Waals surface area contributed by atoms with Crippen LogP contribution in [-0.4, -0.2) is 37.3 Å². The van der Waals surface area contributed by atoms with Crippen molar-refractivity contribution in [3.8, 4) is 0 Å². The molecule has 1 fully saturated rings. The van der Waals surface area contributed by atoms with Crippen LogP contribution >= 0.6 is 22.7 Å². The molecule has 2 aromatic heterocycles. The number of carbonyl (C=O) groups is 2. The van der Waals surface area contributed by atoms with E-state index in [1.54, 1.807) is 0 Å². The van der Waals surface area contributed by atoms with E-state index in [2.05, 4.69) is 31.0 Å². The van der Waals surface area contributed by atoms with Crippen molar-refractivity contribution in [3.63, 3.8) is 0 Å². The summed E-state index contributed by atoms with van der Waals surface area (Å²) in [4.78, 5) is 25.4. The molecule has 0 bridgehead atoms. The van der Waals surface area contributed by atoms with Crippen LogP contribution in [0.5, 0.6) is 0 Å². The second-order valence-corrected chi connectivity index (χ2v) is 12.4. The van der Waals surface area contributed by atoms with Crippen molar-refractivity contribution in [2.75, 3.05) is 10.6 Å². The lowest BCUT2D eigenvalue weighted by Gasteiger charge is -2.33. The highest BCUT2D eigenvalue weighted by Gasteiger charge is 2.36. The largest absolute Gasteiger partial charge is 0.388 e. The van der Waals surface area contributed by atoms with E-state index in [1.807, 2.05) is 60.7 Å². The van der Waals surface area contributed by atoms with Gasteiger partial charge < -0.3 is 15.7 Å². The van der Waals surface area contributed by atoms with E-state index < -0.39 is 6.10 Å². The molecule has 9 nitrogen and oxygen atoms in total. The number of aliphatic hydroxyl groups is 1. The molecule has 4 aromatic rings. The average Bonchev–Trinajstić information content (AvgIpc) is 3.64. The number of amides is 2. The Morgan fingerprint density at radius 2 is 1.39 bits per heavy atom. The number of benzene rings is 2. The van der Waals surface area contributed by atoms with Gasteiger partial charge in [-0.1, -0.05) is 96.2 Å². The molecule has 2 aromatic carbocycles. The topological polar surface area (TPSA) is 130 Å². The zero-order valence-corrected chi connectivity index (χ0v) is 24.4. The number of rotatable bonds is 12. The highest BCUT2D eigenvalue weighted by molar-refractivity contribution is 7.15. The Morgan fingerprint density at radius 1 is 0.805 bits per heavy atom. The van der Waals surface area contributed by atoms with Gasteiger partial charge in [-0.3, -0.25) is 9.59 Å². The first-order valence-corrected chi connectivity index (χ1v) is 15.7. The van der Waals surface area contributed by atoms with Gasteiger partial charge in [0.05, 0.1) is 12.5 Å². The third kappa shape index (κ3) is 8.25. The number of carbonyl (C=O) groups excluding carboxylic acids is 2. The first-order valence-electron chi connectivity index (χ1n) is 14.1. The van der Waals surface area contributed by atoms with Gasteiger partial charge in [-0.2, -0.15) is 0 Å². The van der Waals surface area contributed by atoms with Crippen LogP contribution in [0.1, 0.15) is 65.8 Å². The van der Waals surface area contributed by atoms with Crippen LogP contribution in [0, 0.1) is 11.8 Å². The highest BCUT2D eigenvalue weighted by atomic mass is 32.1. The van der Waals surface area contributed by atoms with E-state index in [4.69, 9.17) is 0 Å². The van der Waals surface area contributed by atoms with Crippen LogP contribution in [0.15, 0.2) is 60.7 Å². The molecule has 0 radical (unpaired) electrons. The number of hydrogen-bond acceptors (Lipinski definition) is 9. The van der Waals surface area contributed by atoms with Crippen molar-refractivity contribution >= 4 is 44.8 Å². The van der Waals surface area contributed by atoms with E-state index in [0.29, 0.717) is 16.7 Å².